The highest BCUT2D eigenvalue weighted by molar-refractivity contribution is 5.21. The molecule has 0 saturated carbocycles. The van der Waals surface area contributed by atoms with E-state index in [2.05, 4.69) is 0 Å². The first-order valence-electron chi connectivity index (χ1n) is 4.40. The van der Waals surface area contributed by atoms with Crippen molar-refractivity contribution in [1.29, 1.82) is 0 Å². The molecular weight excluding hydrogens is 166 g/mol. The van der Waals surface area contributed by atoms with Crippen LogP contribution in [0, 0.1) is 0 Å². The second-order valence-electron chi connectivity index (χ2n) is 3.26. The largest absolute Gasteiger partial charge is 0.394 e. The Balaban J connectivity index is 2.03. The Bertz CT molecular complexity index is 276. The predicted molar refractivity (Wildman–Crippen MR) is 49.1 cm³/mol. The van der Waals surface area contributed by atoms with Crippen LogP contribution >= 0.6 is 0 Å². The van der Waals surface area contributed by atoms with Crippen molar-refractivity contribution in [1.82, 2.24) is 0 Å². The Kier molecular flexibility index (Phi) is 2.31. The molecule has 1 aliphatic rings. The van der Waals surface area contributed by atoms with Crippen LogP contribution in [0.5, 0.6) is 0 Å². The van der Waals surface area contributed by atoms with Crippen molar-refractivity contribution in [2.45, 2.75) is 18.2 Å². The second kappa shape index (κ2) is 3.46. The first kappa shape index (κ1) is 8.69. The van der Waals surface area contributed by atoms with Gasteiger partial charge in [-0.25, -0.2) is 0 Å². The van der Waals surface area contributed by atoms with Crippen LogP contribution in [0.2, 0.25) is 0 Å². The van der Waals surface area contributed by atoms with Gasteiger partial charge in [0.1, 0.15) is 12.2 Å². The lowest BCUT2D eigenvalue weighted by Crippen LogP contribution is -2.19. The van der Waals surface area contributed by atoms with Crippen LogP contribution in [0.1, 0.15) is 11.6 Å². The summed E-state index contributed by atoms with van der Waals surface area (Å²) in [6.07, 6.45) is -0.0670. The molecule has 1 saturated heterocycles. The van der Waals surface area contributed by atoms with Crippen molar-refractivity contribution < 1.29 is 9.84 Å². The average Bonchev–Trinajstić information content (AvgIpc) is 2.97. The van der Waals surface area contributed by atoms with Gasteiger partial charge in [0, 0.05) is 0 Å². The molecule has 0 aromatic heterocycles. The zero-order valence-electron chi connectivity index (χ0n) is 7.26. The van der Waals surface area contributed by atoms with Gasteiger partial charge >= 0.3 is 0 Å². The molecule has 3 nitrogen and oxygen atoms in total. The summed E-state index contributed by atoms with van der Waals surface area (Å²) < 4.78 is 5.21. The van der Waals surface area contributed by atoms with Crippen molar-refractivity contribution in [3.63, 3.8) is 0 Å². The number of hydrogen-bond donors (Lipinski definition) is 2. The summed E-state index contributed by atoms with van der Waals surface area (Å²) in [6.45, 7) is 0.0607. The van der Waals surface area contributed by atoms with Crippen molar-refractivity contribution >= 4 is 0 Å². The van der Waals surface area contributed by atoms with Crippen LogP contribution in [0.3, 0.4) is 0 Å². The van der Waals surface area contributed by atoms with Gasteiger partial charge in [0.15, 0.2) is 0 Å². The highest BCUT2D eigenvalue weighted by atomic mass is 16.6. The first-order chi connectivity index (χ1) is 6.33. The molecule has 3 heteroatoms. The van der Waals surface area contributed by atoms with Gasteiger partial charge in [-0.1, -0.05) is 30.3 Å². The molecule has 2 rings (SSSR count). The van der Waals surface area contributed by atoms with Crippen molar-refractivity contribution in [2.24, 2.45) is 5.73 Å². The molecule has 0 amide bonds. The predicted octanol–water partition coefficient (Wildman–Crippen LogP) is 0.446. The van der Waals surface area contributed by atoms with E-state index in [1.54, 1.807) is 0 Å². The maximum atomic E-state index is 8.79. The van der Waals surface area contributed by atoms with Gasteiger partial charge in [0.2, 0.25) is 0 Å². The van der Waals surface area contributed by atoms with E-state index >= 15 is 0 Å². The highest BCUT2D eigenvalue weighted by Crippen LogP contribution is 2.32. The van der Waals surface area contributed by atoms with E-state index in [9.17, 15) is 0 Å². The minimum absolute atomic E-state index is 0.00704. The SMILES string of the molecule is NC(c1ccccc1)C1OC1CO. The molecule has 3 unspecified atom stereocenters. The molecule has 1 fully saturated rings. The van der Waals surface area contributed by atoms with E-state index in [4.69, 9.17) is 15.6 Å². The maximum absolute atomic E-state index is 8.79. The van der Waals surface area contributed by atoms with E-state index in [-0.39, 0.29) is 24.9 Å². The normalized spacial score (nSPS) is 28.5. The van der Waals surface area contributed by atoms with Gasteiger partial charge in [-0.15, -0.1) is 0 Å². The molecule has 3 atom stereocenters. The molecule has 3 N–H and O–H groups in total. The summed E-state index contributed by atoms with van der Waals surface area (Å²) in [4.78, 5) is 0. The molecule has 1 heterocycles. The Labute approximate surface area is 77.1 Å². The van der Waals surface area contributed by atoms with E-state index < -0.39 is 0 Å². The minimum Gasteiger partial charge on any atom is -0.394 e. The van der Waals surface area contributed by atoms with E-state index in [0.717, 1.165) is 5.56 Å². The molecular formula is C10H13NO2. The van der Waals surface area contributed by atoms with Crippen LogP contribution in [-0.2, 0) is 4.74 Å². The molecule has 0 bridgehead atoms. The Morgan fingerprint density at radius 2 is 2.08 bits per heavy atom. The van der Waals surface area contributed by atoms with Crippen molar-refractivity contribution in [3.05, 3.63) is 35.9 Å². The molecule has 70 valence electrons. The summed E-state index contributed by atoms with van der Waals surface area (Å²) >= 11 is 0. The summed E-state index contributed by atoms with van der Waals surface area (Å²) in [5, 5.41) is 8.79. The summed E-state index contributed by atoms with van der Waals surface area (Å²) in [6, 6.07) is 9.69. The standard InChI is InChI=1S/C10H13NO2/c11-9(10-8(6-12)13-10)7-4-2-1-3-5-7/h1-5,8-10,12H,6,11H2. The minimum atomic E-state index is -0.113. The smallest absolute Gasteiger partial charge is 0.109 e. The number of hydrogen-bond acceptors (Lipinski definition) is 3. The number of epoxide rings is 1. The van der Waals surface area contributed by atoms with Gasteiger partial charge in [-0.05, 0) is 5.56 Å². The van der Waals surface area contributed by atoms with E-state index in [1.165, 1.54) is 0 Å². The highest BCUT2D eigenvalue weighted by Gasteiger charge is 2.43. The lowest BCUT2D eigenvalue weighted by molar-refractivity contribution is 0.241. The molecule has 13 heavy (non-hydrogen) atoms. The zero-order valence-corrected chi connectivity index (χ0v) is 7.26. The molecule has 1 aromatic carbocycles. The zero-order chi connectivity index (χ0) is 9.26. The second-order valence-corrected chi connectivity index (χ2v) is 3.26. The third-order valence-corrected chi connectivity index (χ3v) is 2.34. The quantitative estimate of drug-likeness (QED) is 0.662. The van der Waals surface area contributed by atoms with Gasteiger partial charge in [-0.2, -0.15) is 0 Å². The van der Waals surface area contributed by atoms with Gasteiger partial charge in [0.25, 0.3) is 0 Å². The summed E-state index contributed by atoms with van der Waals surface area (Å²) in [5.41, 5.74) is 6.99. The third kappa shape index (κ3) is 1.72. The lowest BCUT2D eigenvalue weighted by Gasteiger charge is -2.07. The third-order valence-electron chi connectivity index (χ3n) is 2.34. The van der Waals surface area contributed by atoms with Gasteiger partial charge in [-0.3, -0.25) is 0 Å². The van der Waals surface area contributed by atoms with Crippen LogP contribution < -0.4 is 5.73 Å². The molecule has 0 spiro atoms. The van der Waals surface area contributed by atoms with Gasteiger partial charge in [0.05, 0.1) is 12.6 Å². The Morgan fingerprint density at radius 1 is 1.38 bits per heavy atom. The van der Waals surface area contributed by atoms with Crippen LogP contribution in [0.15, 0.2) is 30.3 Å². The average molecular weight is 179 g/mol. The molecule has 0 aliphatic carbocycles. The van der Waals surface area contributed by atoms with Crippen LogP contribution in [0.25, 0.3) is 0 Å². The molecule has 1 aliphatic heterocycles. The van der Waals surface area contributed by atoms with Crippen molar-refractivity contribution in [2.75, 3.05) is 6.61 Å². The Morgan fingerprint density at radius 3 is 2.62 bits per heavy atom. The molecule has 0 radical (unpaired) electrons. The Hall–Kier alpha value is -0.900. The maximum Gasteiger partial charge on any atom is 0.109 e. The fourth-order valence-electron chi connectivity index (χ4n) is 1.48. The monoisotopic (exact) mass is 179 g/mol. The first-order valence-corrected chi connectivity index (χ1v) is 4.40. The van der Waals surface area contributed by atoms with Gasteiger partial charge < -0.3 is 15.6 Å². The van der Waals surface area contributed by atoms with Crippen LogP contribution in [-0.4, -0.2) is 23.9 Å². The number of rotatable bonds is 3. The summed E-state index contributed by atoms with van der Waals surface area (Å²) in [7, 11) is 0. The molecule has 1 aromatic rings. The van der Waals surface area contributed by atoms with E-state index in [1.807, 2.05) is 30.3 Å². The summed E-state index contributed by atoms with van der Waals surface area (Å²) in [5.74, 6) is 0. The number of ether oxygens (including phenoxy) is 1. The van der Waals surface area contributed by atoms with E-state index in [0.29, 0.717) is 0 Å². The number of nitrogens with two attached hydrogens (primary N) is 1. The topological polar surface area (TPSA) is 58.8 Å². The lowest BCUT2D eigenvalue weighted by atomic mass is 10.0. The number of aliphatic hydroxyl groups is 1. The number of aliphatic hydroxyl groups excluding tert-OH is 1. The number of benzene rings is 1. The van der Waals surface area contributed by atoms with Crippen molar-refractivity contribution in [3.8, 4) is 0 Å². The fraction of sp³-hybridized carbons (Fsp3) is 0.400. The fourth-order valence-corrected chi connectivity index (χ4v) is 1.48. The van der Waals surface area contributed by atoms with Crippen LogP contribution in [0.4, 0.5) is 0 Å².